The Hall–Kier alpha value is -4.57. The fourth-order valence-electron chi connectivity index (χ4n) is 5.14. The number of para-hydroxylation sites is 1. The summed E-state index contributed by atoms with van der Waals surface area (Å²) in [6.45, 7) is 0. The van der Waals surface area contributed by atoms with Gasteiger partial charge >= 0.3 is 0 Å². The second kappa shape index (κ2) is 8.74. The molecule has 7 rings (SSSR count). The van der Waals surface area contributed by atoms with Gasteiger partial charge in [-0.3, -0.25) is 4.55 Å². The summed E-state index contributed by atoms with van der Waals surface area (Å²) < 4.78 is 39.9. The number of nitrogens with zero attached hydrogens (tertiary/aromatic N) is 1. The minimum atomic E-state index is -4.58. The molecule has 0 spiro atoms. The van der Waals surface area contributed by atoms with Crippen LogP contribution in [-0.4, -0.2) is 33.2 Å². The van der Waals surface area contributed by atoms with Crippen LogP contribution in [0.25, 0.3) is 66.3 Å². The Bertz CT molecular complexity index is 2200. The van der Waals surface area contributed by atoms with Gasteiger partial charge < -0.3 is 19.6 Å². The van der Waals surface area contributed by atoms with E-state index < -0.39 is 10.1 Å². The number of hydrogen-bond acceptors (Lipinski definition) is 6. The summed E-state index contributed by atoms with van der Waals surface area (Å²) in [7, 11) is -4.58. The van der Waals surface area contributed by atoms with Crippen LogP contribution in [0.15, 0.2) is 94.2 Å². The van der Waals surface area contributed by atoms with Crippen LogP contribution < -0.4 is 0 Å². The number of fused-ring (bicyclic) bond motifs is 6. The lowest BCUT2D eigenvalue weighted by Gasteiger charge is -2.07. The molecular weight excluding hydrogens is 540 g/mol. The van der Waals surface area contributed by atoms with Crippen LogP contribution in [0.1, 0.15) is 0 Å². The number of phenols is 2. The SMILES string of the molecule is Cl.O=S(=O)(O)c1cc2[nH]c(-c3ccc(-c4cccc5oc6ccccc6c45)cc3O)nc2c2c(O)cccc12. The molecule has 7 aromatic rings. The first-order valence-electron chi connectivity index (χ1n) is 11.7. The van der Waals surface area contributed by atoms with Crippen LogP contribution in [0.5, 0.6) is 11.5 Å². The first kappa shape index (κ1) is 24.7. The smallest absolute Gasteiger partial charge is 0.295 e. The standard InChI is InChI=1S/C29H18N2O6S.ClH/c32-21-8-3-7-19-25(38(34,35)36)14-20-28(27(19)21)31-29(30-20)17-12-11-15(13-22(17)33)16-6-4-10-24-26(16)18-5-1-2-9-23(18)37-24;/h1-14,32-33H,(H,30,31)(H,34,35,36);1H. The zero-order valence-electron chi connectivity index (χ0n) is 19.9. The van der Waals surface area contributed by atoms with Gasteiger partial charge in [-0.05, 0) is 47.5 Å². The molecule has 0 bridgehead atoms. The maximum Gasteiger partial charge on any atom is 0.295 e. The van der Waals surface area contributed by atoms with Crippen molar-refractivity contribution < 1.29 is 27.6 Å². The molecule has 0 saturated heterocycles. The van der Waals surface area contributed by atoms with E-state index >= 15 is 0 Å². The van der Waals surface area contributed by atoms with Gasteiger partial charge in [0, 0.05) is 16.2 Å². The number of hydrogen-bond donors (Lipinski definition) is 4. The number of benzene rings is 5. The van der Waals surface area contributed by atoms with E-state index in [0.29, 0.717) is 11.1 Å². The third-order valence-corrected chi connectivity index (χ3v) is 7.69. The van der Waals surface area contributed by atoms with Crippen molar-refractivity contribution in [3.05, 3.63) is 84.9 Å². The molecule has 5 aromatic carbocycles. The fourth-order valence-corrected chi connectivity index (χ4v) is 5.86. The molecule has 4 N–H and O–H groups in total. The van der Waals surface area contributed by atoms with Crippen LogP contribution in [-0.2, 0) is 10.1 Å². The number of rotatable bonds is 3. The lowest BCUT2D eigenvalue weighted by molar-refractivity contribution is 0.477. The largest absolute Gasteiger partial charge is 0.507 e. The van der Waals surface area contributed by atoms with Crippen molar-refractivity contribution in [1.82, 2.24) is 9.97 Å². The quantitative estimate of drug-likeness (QED) is 0.171. The Morgan fingerprint density at radius 1 is 0.744 bits per heavy atom. The van der Waals surface area contributed by atoms with Gasteiger partial charge in [0.25, 0.3) is 10.1 Å². The minimum absolute atomic E-state index is 0. The molecule has 0 saturated carbocycles. The molecule has 0 unspecified atom stereocenters. The normalized spacial score (nSPS) is 11.9. The molecule has 0 aliphatic carbocycles. The molecule has 0 aliphatic heterocycles. The molecule has 0 amide bonds. The van der Waals surface area contributed by atoms with E-state index in [-0.39, 0.29) is 50.9 Å². The number of furan rings is 1. The van der Waals surface area contributed by atoms with Crippen molar-refractivity contribution in [3.8, 4) is 34.0 Å². The molecule has 10 heteroatoms. The minimum Gasteiger partial charge on any atom is -0.507 e. The molecule has 8 nitrogen and oxygen atoms in total. The molecule has 0 fully saturated rings. The highest BCUT2D eigenvalue weighted by molar-refractivity contribution is 7.86. The highest BCUT2D eigenvalue weighted by Crippen LogP contribution is 2.41. The molecule has 0 radical (unpaired) electrons. The van der Waals surface area contributed by atoms with E-state index in [9.17, 15) is 23.2 Å². The van der Waals surface area contributed by atoms with Gasteiger partial charge in [0.1, 0.15) is 38.9 Å². The Morgan fingerprint density at radius 2 is 1.49 bits per heavy atom. The van der Waals surface area contributed by atoms with Gasteiger partial charge in [0.15, 0.2) is 0 Å². The zero-order chi connectivity index (χ0) is 26.2. The van der Waals surface area contributed by atoms with Crippen molar-refractivity contribution in [1.29, 1.82) is 0 Å². The molecule has 2 heterocycles. The highest BCUT2D eigenvalue weighted by atomic mass is 35.5. The number of aromatic hydroxyl groups is 2. The molecule has 2 aromatic heterocycles. The maximum atomic E-state index is 12.1. The molecule has 39 heavy (non-hydrogen) atoms. The predicted molar refractivity (Wildman–Crippen MR) is 152 cm³/mol. The van der Waals surface area contributed by atoms with Gasteiger partial charge in [-0.2, -0.15) is 8.42 Å². The monoisotopic (exact) mass is 558 g/mol. The number of nitrogens with one attached hydrogen (secondary N) is 1. The highest BCUT2D eigenvalue weighted by Gasteiger charge is 2.22. The number of aromatic nitrogens is 2. The summed E-state index contributed by atoms with van der Waals surface area (Å²) in [5.74, 6) is 0.0407. The van der Waals surface area contributed by atoms with E-state index in [1.54, 1.807) is 12.1 Å². The Balaban J connectivity index is 0.00000277. The second-order valence-electron chi connectivity index (χ2n) is 9.04. The third kappa shape index (κ3) is 3.78. The van der Waals surface area contributed by atoms with Crippen LogP contribution in [0.4, 0.5) is 0 Å². The summed E-state index contributed by atoms with van der Waals surface area (Å²) in [6, 6.07) is 24.4. The average molecular weight is 559 g/mol. The van der Waals surface area contributed by atoms with Crippen LogP contribution in [0.2, 0.25) is 0 Å². The zero-order valence-corrected chi connectivity index (χ0v) is 21.5. The number of imidazole rings is 1. The lowest BCUT2D eigenvalue weighted by atomic mass is 9.98. The van der Waals surface area contributed by atoms with E-state index in [2.05, 4.69) is 9.97 Å². The third-order valence-electron chi connectivity index (χ3n) is 6.80. The summed E-state index contributed by atoms with van der Waals surface area (Å²) in [5, 5.41) is 23.8. The van der Waals surface area contributed by atoms with Crippen LogP contribution in [0, 0.1) is 0 Å². The Morgan fingerprint density at radius 3 is 2.28 bits per heavy atom. The van der Waals surface area contributed by atoms with E-state index in [0.717, 1.165) is 33.1 Å². The van der Waals surface area contributed by atoms with Crippen molar-refractivity contribution >= 4 is 66.3 Å². The van der Waals surface area contributed by atoms with Gasteiger partial charge in [-0.25, -0.2) is 4.98 Å². The summed E-state index contributed by atoms with van der Waals surface area (Å²) in [5.41, 5.74) is 4.15. The predicted octanol–water partition coefficient (Wildman–Crippen LogP) is 7.03. The average Bonchev–Trinajstić information content (AvgIpc) is 3.49. The van der Waals surface area contributed by atoms with Gasteiger partial charge in [0.05, 0.1) is 16.5 Å². The first-order valence-corrected chi connectivity index (χ1v) is 13.1. The summed E-state index contributed by atoms with van der Waals surface area (Å²) >= 11 is 0. The van der Waals surface area contributed by atoms with Crippen LogP contribution in [0.3, 0.4) is 0 Å². The van der Waals surface area contributed by atoms with Gasteiger partial charge in [-0.15, -0.1) is 12.4 Å². The van der Waals surface area contributed by atoms with Crippen molar-refractivity contribution in [3.63, 3.8) is 0 Å². The maximum absolute atomic E-state index is 12.1. The fraction of sp³-hybridized carbons (Fsp3) is 0. The second-order valence-corrected chi connectivity index (χ2v) is 10.4. The molecule has 0 atom stereocenters. The Labute approximate surface area is 227 Å². The topological polar surface area (TPSA) is 137 Å². The molecule has 194 valence electrons. The molecule has 0 aliphatic rings. The van der Waals surface area contributed by atoms with Crippen LogP contribution >= 0.6 is 12.4 Å². The van der Waals surface area contributed by atoms with Gasteiger partial charge in [-0.1, -0.05) is 48.5 Å². The Kier molecular flexibility index (Phi) is 5.55. The number of phenolic OH excluding ortho intramolecular Hbond substituents is 2. The lowest BCUT2D eigenvalue weighted by Crippen LogP contribution is -1.99. The number of halogens is 1. The van der Waals surface area contributed by atoms with Crippen molar-refractivity contribution in [2.45, 2.75) is 4.90 Å². The number of aromatic amines is 1. The van der Waals surface area contributed by atoms with Crippen molar-refractivity contribution in [2.75, 3.05) is 0 Å². The molecular formula is C29H19ClN2O6S. The van der Waals surface area contributed by atoms with Crippen molar-refractivity contribution in [2.24, 2.45) is 0 Å². The van der Waals surface area contributed by atoms with E-state index in [1.165, 1.54) is 24.3 Å². The summed E-state index contributed by atoms with van der Waals surface area (Å²) in [6.07, 6.45) is 0. The van der Waals surface area contributed by atoms with Gasteiger partial charge in [0.2, 0.25) is 0 Å². The van der Waals surface area contributed by atoms with E-state index in [1.807, 2.05) is 48.5 Å². The summed E-state index contributed by atoms with van der Waals surface area (Å²) in [4.78, 5) is 7.24. The first-order chi connectivity index (χ1) is 18.3. The number of H-pyrrole nitrogens is 1. The van der Waals surface area contributed by atoms with E-state index in [4.69, 9.17) is 4.42 Å².